The van der Waals surface area contributed by atoms with Gasteiger partial charge in [-0.25, -0.2) is 4.39 Å². The van der Waals surface area contributed by atoms with Gasteiger partial charge in [-0.3, -0.25) is 4.79 Å². The maximum absolute atomic E-state index is 13.1. The molecule has 1 saturated heterocycles. The fraction of sp³-hybridized carbons (Fsp3) is 0.381. The number of hydrogen-bond donors (Lipinski definition) is 1. The first-order valence-electron chi connectivity index (χ1n) is 9.20. The number of rotatable bonds is 2. The standard InChI is InChI=1S/C21H23FN2O3/c1-23-14-19(27-18-5-3-2-4-17(18)23)20(25)24-12-10-21(26,11-13-24)15-6-8-16(22)9-7-15/h2-9,19,26H,10-14H2,1H3/t19-/m1/s1. The van der Waals surface area contributed by atoms with Crippen LogP contribution in [0.1, 0.15) is 18.4 Å². The Hall–Kier alpha value is -2.60. The van der Waals surface area contributed by atoms with Gasteiger partial charge in [-0.2, -0.15) is 0 Å². The number of halogens is 1. The van der Waals surface area contributed by atoms with Gasteiger partial charge in [0.1, 0.15) is 11.6 Å². The molecule has 4 rings (SSSR count). The highest BCUT2D eigenvalue weighted by Gasteiger charge is 2.39. The average Bonchev–Trinajstić information content (AvgIpc) is 2.68. The average molecular weight is 370 g/mol. The summed E-state index contributed by atoms with van der Waals surface area (Å²) < 4.78 is 19.1. The number of hydrogen-bond acceptors (Lipinski definition) is 4. The van der Waals surface area contributed by atoms with Gasteiger partial charge in [0.2, 0.25) is 0 Å². The molecule has 2 aliphatic rings. The molecule has 142 valence electrons. The first-order chi connectivity index (χ1) is 13.0. The number of likely N-dealkylation sites (tertiary alicyclic amines) is 1. The first kappa shape index (κ1) is 17.8. The van der Waals surface area contributed by atoms with Crippen LogP contribution in [0.3, 0.4) is 0 Å². The van der Waals surface area contributed by atoms with Crippen molar-refractivity contribution in [3.05, 3.63) is 59.9 Å². The first-order valence-corrected chi connectivity index (χ1v) is 9.20. The molecule has 0 radical (unpaired) electrons. The summed E-state index contributed by atoms with van der Waals surface area (Å²) in [5.41, 5.74) is 0.644. The highest BCUT2D eigenvalue weighted by Crippen LogP contribution is 2.35. The Morgan fingerprint density at radius 2 is 1.81 bits per heavy atom. The van der Waals surface area contributed by atoms with E-state index in [2.05, 4.69) is 0 Å². The van der Waals surface area contributed by atoms with E-state index >= 15 is 0 Å². The van der Waals surface area contributed by atoms with Gasteiger partial charge in [0.15, 0.2) is 6.10 Å². The van der Waals surface area contributed by atoms with E-state index in [0.29, 0.717) is 43.8 Å². The van der Waals surface area contributed by atoms with Crippen molar-refractivity contribution in [3.63, 3.8) is 0 Å². The van der Waals surface area contributed by atoms with Gasteiger partial charge in [0.05, 0.1) is 17.8 Å². The predicted octanol–water partition coefficient (Wildman–Crippen LogP) is 2.53. The molecule has 0 spiro atoms. The van der Waals surface area contributed by atoms with E-state index < -0.39 is 11.7 Å². The summed E-state index contributed by atoms with van der Waals surface area (Å²) in [7, 11) is 1.95. The van der Waals surface area contributed by atoms with Gasteiger partial charge < -0.3 is 19.6 Å². The van der Waals surface area contributed by atoms with Gasteiger partial charge in [0.25, 0.3) is 5.91 Å². The van der Waals surface area contributed by atoms with Crippen LogP contribution in [0.4, 0.5) is 10.1 Å². The van der Waals surface area contributed by atoms with Crippen molar-refractivity contribution in [1.29, 1.82) is 0 Å². The zero-order valence-corrected chi connectivity index (χ0v) is 15.3. The summed E-state index contributed by atoms with van der Waals surface area (Å²) in [5.74, 6) is 0.329. The molecular weight excluding hydrogens is 347 g/mol. The Kier molecular flexibility index (Phi) is 4.52. The lowest BCUT2D eigenvalue weighted by atomic mass is 9.84. The lowest BCUT2D eigenvalue weighted by Gasteiger charge is -2.41. The van der Waals surface area contributed by atoms with Crippen LogP contribution in [-0.2, 0) is 10.4 Å². The number of piperidine rings is 1. The van der Waals surface area contributed by atoms with Gasteiger partial charge in [-0.05, 0) is 42.7 Å². The second-order valence-electron chi connectivity index (χ2n) is 7.32. The molecule has 0 aliphatic carbocycles. The molecule has 1 amide bonds. The zero-order chi connectivity index (χ0) is 19.0. The van der Waals surface area contributed by atoms with E-state index in [4.69, 9.17) is 4.74 Å². The molecule has 1 atom stereocenters. The van der Waals surface area contributed by atoms with Crippen molar-refractivity contribution in [1.82, 2.24) is 4.90 Å². The van der Waals surface area contributed by atoms with Crippen LogP contribution < -0.4 is 9.64 Å². The fourth-order valence-electron chi connectivity index (χ4n) is 3.89. The molecule has 5 nitrogen and oxygen atoms in total. The van der Waals surface area contributed by atoms with E-state index in [0.717, 1.165) is 5.69 Å². The molecule has 0 unspecified atom stereocenters. The number of anilines is 1. The third-order valence-electron chi connectivity index (χ3n) is 5.54. The molecule has 2 aromatic carbocycles. The number of carbonyl (C=O) groups is 1. The second kappa shape index (κ2) is 6.85. The van der Waals surface area contributed by atoms with Gasteiger partial charge in [0, 0.05) is 20.1 Å². The molecule has 1 N–H and O–H groups in total. The Bertz CT molecular complexity index is 832. The molecule has 0 aromatic heterocycles. The van der Waals surface area contributed by atoms with Gasteiger partial charge >= 0.3 is 0 Å². The van der Waals surface area contributed by atoms with E-state index in [9.17, 15) is 14.3 Å². The molecule has 27 heavy (non-hydrogen) atoms. The molecule has 1 fully saturated rings. The predicted molar refractivity (Wildman–Crippen MR) is 100 cm³/mol. The summed E-state index contributed by atoms with van der Waals surface area (Å²) in [6, 6.07) is 13.6. The number of nitrogens with zero attached hydrogens (tertiary/aromatic N) is 2. The van der Waals surface area contributed by atoms with Crippen LogP contribution in [0, 0.1) is 5.82 Å². The number of aliphatic hydroxyl groups is 1. The van der Waals surface area contributed by atoms with Crippen LogP contribution >= 0.6 is 0 Å². The SMILES string of the molecule is CN1C[C@H](C(=O)N2CCC(O)(c3ccc(F)cc3)CC2)Oc2ccccc21. The van der Waals surface area contributed by atoms with Crippen LogP contribution in [-0.4, -0.2) is 48.7 Å². The van der Waals surface area contributed by atoms with Gasteiger partial charge in [-0.1, -0.05) is 24.3 Å². The third-order valence-corrected chi connectivity index (χ3v) is 5.54. The molecule has 0 bridgehead atoms. The number of fused-ring (bicyclic) bond motifs is 1. The van der Waals surface area contributed by atoms with Crippen molar-refractivity contribution < 1.29 is 19.0 Å². The smallest absolute Gasteiger partial charge is 0.265 e. The number of para-hydroxylation sites is 2. The molecule has 6 heteroatoms. The van der Waals surface area contributed by atoms with E-state index in [1.165, 1.54) is 12.1 Å². The third kappa shape index (κ3) is 3.37. The van der Waals surface area contributed by atoms with Crippen LogP contribution in [0.2, 0.25) is 0 Å². The van der Waals surface area contributed by atoms with Crippen molar-refractivity contribution in [2.75, 3.05) is 31.6 Å². The lowest BCUT2D eigenvalue weighted by Crippen LogP contribution is -2.53. The number of benzene rings is 2. The normalized spacial score (nSPS) is 21.4. The van der Waals surface area contributed by atoms with Crippen LogP contribution in [0.5, 0.6) is 5.75 Å². The fourth-order valence-corrected chi connectivity index (χ4v) is 3.89. The van der Waals surface area contributed by atoms with Crippen LogP contribution in [0.15, 0.2) is 48.5 Å². The zero-order valence-electron chi connectivity index (χ0n) is 15.3. The van der Waals surface area contributed by atoms with Crippen molar-refractivity contribution in [2.24, 2.45) is 0 Å². The molecule has 2 aliphatic heterocycles. The van der Waals surface area contributed by atoms with Crippen molar-refractivity contribution in [3.8, 4) is 5.75 Å². The molecule has 2 heterocycles. The molecule has 2 aromatic rings. The molecular formula is C21H23FN2O3. The summed E-state index contributed by atoms with van der Waals surface area (Å²) in [6.07, 6.45) is 0.287. The number of likely N-dealkylation sites (N-methyl/N-ethyl adjacent to an activating group) is 1. The minimum atomic E-state index is -1.03. The van der Waals surface area contributed by atoms with E-state index in [-0.39, 0.29) is 11.7 Å². The Morgan fingerprint density at radius 1 is 1.15 bits per heavy atom. The van der Waals surface area contributed by atoms with E-state index in [1.54, 1.807) is 17.0 Å². The summed E-state index contributed by atoms with van der Waals surface area (Å²) in [4.78, 5) is 16.7. The number of ether oxygens (including phenoxy) is 1. The Balaban J connectivity index is 1.43. The highest BCUT2D eigenvalue weighted by atomic mass is 19.1. The van der Waals surface area contributed by atoms with Gasteiger partial charge in [-0.15, -0.1) is 0 Å². The summed E-state index contributed by atoms with van der Waals surface area (Å²) in [6.45, 7) is 1.38. The van der Waals surface area contributed by atoms with Crippen molar-refractivity contribution in [2.45, 2.75) is 24.5 Å². The number of carbonyl (C=O) groups excluding carboxylic acids is 1. The highest BCUT2D eigenvalue weighted by molar-refractivity contribution is 5.83. The van der Waals surface area contributed by atoms with Crippen LogP contribution in [0.25, 0.3) is 0 Å². The number of amides is 1. The summed E-state index contributed by atoms with van der Waals surface area (Å²) in [5, 5.41) is 10.9. The van der Waals surface area contributed by atoms with Crippen molar-refractivity contribution >= 4 is 11.6 Å². The minimum Gasteiger partial charge on any atom is -0.477 e. The van der Waals surface area contributed by atoms with E-state index in [1.807, 2.05) is 36.2 Å². The maximum Gasteiger partial charge on any atom is 0.265 e. The quantitative estimate of drug-likeness (QED) is 0.883. The monoisotopic (exact) mass is 370 g/mol. The minimum absolute atomic E-state index is 0.0579. The maximum atomic E-state index is 13.1. The Labute approximate surface area is 158 Å². The summed E-state index contributed by atoms with van der Waals surface area (Å²) >= 11 is 0. The largest absolute Gasteiger partial charge is 0.477 e. The second-order valence-corrected chi connectivity index (χ2v) is 7.32. The topological polar surface area (TPSA) is 53.0 Å². The Morgan fingerprint density at radius 3 is 2.52 bits per heavy atom. The lowest BCUT2D eigenvalue weighted by molar-refractivity contribution is -0.143. The molecule has 0 saturated carbocycles.